The number of benzene rings is 2. The Morgan fingerprint density at radius 3 is 2.05 bits per heavy atom. The van der Waals surface area contributed by atoms with Crippen LogP contribution in [0.15, 0.2) is 73.4 Å². The molecule has 37 heavy (non-hydrogen) atoms. The quantitative estimate of drug-likeness (QED) is 0.211. The Morgan fingerprint density at radius 1 is 0.865 bits per heavy atom. The summed E-state index contributed by atoms with van der Waals surface area (Å²) in [7, 11) is -3.81. The van der Waals surface area contributed by atoms with Gasteiger partial charge in [-0.1, -0.05) is 34.6 Å². The summed E-state index contributed by atoms with van der Waals surface area (Å²) in [4.78, 5) is 14.0. The molecule has 0 amide bonds. The van der Waals surface area contributed by atoms with Crippen molar-refractivity contribution in [3.63, 3.8) is 0 Å². The van der Waals surface area contributed by atoms with E-state index in [0.717, 1.165) is 30.5 Å². The van der Waals surface area contributed by atoms with E-state index in [9.17, 15) is 8.42 Å². The first-order valence-corrected chi connectivity index (χ1v) is 14.2. The molecule has 0 aliphatic carbocycles. The van der Waals surface area contributed by atoms with Crippen LogP contribution in [-0.2, 0) is 15.3 Å². The van der Waals surface area contributed by atoms with Gasteiger partial charge >= 0.3 is 0 Å². The zero-order valence-electron chi connectivity index (χ0n) is 21.8. The van der Waals surface area contributed by atoms with Crippen LogP contribution in [0.3, 0.4) is 0 Å². The molecule has 0 bridgehead atoms. The summed E-state index contributed by atoms with van der Waals surface area (Å²) in [6, 6.07) is 13.5. The average molecular weight is 518 g/mol. The van der Waals surface area contributed by atoms with Crippen LogP contribution in [0.4, 0.5) is 0 Å². The Morgan fingerprint density at radius 2 is 1.49 bits per heavy atom. The first-order chi connectivity index (χ1) is 17.7. The Hall–Kier alpha value is -3.52. The SMILES string of the molecule is CCC(C)c1nc2ccc(S(=O)(=O)c3ccc4nc(-c5ccc(C(C)(CC)CC)nc5)oc4c3)cc2o1. The lowest BCUT2D eigenvalue weighted by Crippen LogP contribution is -2.20. The van der Waals surface area contributed by atoms with Crippen LogP contribution in [0.5, 0.6) is 0 Å². The van der Waals surface area contributed by atoms with Crippen LogP contribution in [0.2, 0.25) is 0 Å². The third-order valence-electron chi connectivity index (χ3n) is 7.58. The van der Waals surface area contributed by atoms with E-state index in [1.807, 2.05) is 19.1 Å². The number of hydrogen-bond donors (Lipinski definition) is 0. The van der Waals surface area contributed by atoms with Crippen LogP contribution < -0.4 is 0 Å². The minimum absolute atomic E-state index is 0.0215. The molecule has 8 heteroatoms. The van der Waals surface area contributed by atoms with Gasteiger partial charge in [-0.3, -0.25) is 4.98 Å². The van der Waals surface area contributed by atoms with E-state index in [0.29, 0.717) is 34.0 Å². The maximum Gasteiger partial charge on any atom is 0.228 e. The number of hydrogen-bond acceptors (Lipinski definition) is 7. The van der Waals surface area contributed by atoms with Gasteiger partial charge in [0.2, 0.25) is 15.7 Å². The smallest absolute Gasteiger partial charge is 0.228 e. The lowest BCUT2D eigenvalue weighted by atomic mass is 9.81. The summed E-state index contributed by atoms with van der Waals surface area (Å²) in [5, 5.41) is 0. The van der Waals surface area contributed by atoms with Crippen molar-refractivity contribution < 1.29 is 17.3 Å². The highest BCUT2D eigenvalue weighted by Crippen LogP contribution is 2.33. The molecular formula is C29H31N3O4S. The van der Waals surface area contributed by atoms with E-state index in [1.165, 1.54) is 12.1 Å². The summed E-state index contributed by atoms with van der Waals surface area (Å²) < 4.78 is 38.7. The van der Waals surface area contributed by atoms with Gasteiger partial charge in [-0.2, -0.15) is 0 Å². The highest BCUT2D eigenvalue weighted by molar-refractivity contribution is 7.91. The van der Waals surface area contributed by atoms with Crippen LogP contribution >= 0.6 is 0 Å². The second-order valence-electron chi connectivity index (χ2n) is 9.84. The van der Waals surface area contributed by atoms with Crippen molar-refractivity contribution in [2.75, 3.05) is 0 Å². The van der Waals surface area contributed by atoms with Crippen molar-refractivity contribution in [2.24, 2.45) is 0 Å². The molecule has 3 heterocycles. The number of rotatable bonds is 8. The number of oxazole rings is 2. The minimum Gasteiger partial charge on any atom is -0.440 e. The fourth-order valence-corrected chi connectivity index (χ4v) is 5.59. The van der Waals surface area contributed by atoms with Crippen molar-refractivity contribution in [2.45, 2.75) is 75.0 Å². The van der Waals surface area contributed by atoms with Crippen molar-refractivity contribution in [3.8, 4) is 11.5 Å². The molecule has 5 rings (SSSR count). The fraction of sp³-hybridized carbons (Fsp3) is 0.345. The molecular weight excluding hydrogens is 486 g/mol. The first kappa shape index (κ1) is 25.1. The highest BCUT2D eigenvalue weighted by atomic mass is 32.2. The molecule has 0 aliphatic rings. The van der Waals surface area contributed by atoms with Gasteiger partial charge in [-0.15, -0.1) is 0 Å². The zero-order chi connectivity index (χ0) is 26.4. The van der Waals surface area contributed by atoms with Crippen molar-refractivity contribution >= 4 is 32.0 Å². The van der Waals surface area contributed by atoms with Crippen LogP contribution in [0.1, 0.15) is 71.4 Å². The number of aromatic nitrogens is 3. The van der Waals surface area contributed by atoms with Gasteiger partial charge in [0.15, 0.2) is 17.1 Å². The molecule has 1 unspecified atom stereocenters. The van der Waals surface area contributed by atoms with Gasteiger partial charge < -0.3 is 8.83 Å². The Bertz CT molecular complexity index is 1680. The van der Waals surface area contributed by atoms with Gasteiger partial charge in [-0.25, -0.2) is 18.4 Å². The third kappa shape index (κ3) is 4.44. The van der Waals surface area contributed by atoms with Crippen LogP contribution in [0, 0.1) is 0 Å². The number of nitrogens with zero attached hydrogens (tertiary/aromatic N) is 3. The lowest BCUT2D eigenvalue weighted by molar-refractivity contribution is 0.426. The summed E-state index contributed by atoms with van der Waals surface area (Å²) in [6.07, 6.45) is 4.65. The molecule has 2 aromatic carbocycles. The molecule has 0 saturated carbocycles. The average Bonchev–Trinajstić information content (AvgIpc) is 3.55. The summed E-state index contributed by atoms with van der Waals surface area (Å²) in [6.45, 7) is 10.6. The molecule has 3 aromatic heterocycles. The largest absolute Gasteiger partial charge is 0.440 e. The normalized spacial score (nSPS) is 13.4. The van der Waals surface area contributed by atoms with Crippen molar-refractivity contribution in [1.82, 2.24) is 15.0 Å². The van der Waals surface area contributed by atoms with E-state index < -0.39 is 9.84 Å². The predicted molar refractivity (Wildman–Crippen MR) is 143 cm³/mol. The second-order valence-corrected chi connectivity index (χ2v) is 11.8. The zero-order valence-corrected chi connectivity index (χ0v) is 22.6. The summed E-state index contributed by atoms with van der Waals surface area (Å²) in [5.74, 6) is 1.17. The Kier molecular flexibility index (Phi) is 6.40. The Labute approximate surface area is 216 Å². The number of sulfone groups is 1. The van der Waals surface area contributed by atoms with E-state index in [1.54, 1.807) is 30.5 Å². The second kappa shape index (κ2) is 9.41. The molecule has 192 valence electrons. The van der Waals surface area contributed by atoms with Crippen LogP contribution in [0.25, 0.3) is 33.7 Å². The summed E-state index contributed by atoms with van der Waals surface area (Å²) in [5.41, 5.74) is 3.87. The van der Waals surface area contributed by atoms with Gasteiger partial charge in [0.25, 0.3) is 0 Å². The molecule has 0 aliphatic heterocycles. The molecule has 1 atom stereocenters. The third-order valence-corrected chi connectivity index (χ3v) is 9.33. The Balaban J connectivity index is 1.47. The maximum atomic E-state index is 13.4. The van der Waals surface area contributed by atoms with Gasteiger partial charge in [-0.05, 0) is 55.7 Å². The van der Waals surface area contributed by atoms with Gasteiger partial charge in [0.05, 0.1) is 15.4 Å². The molecule has 7 nitrogen and oxygen atoms in total. The monoisotopic (exact) mass is 517 g/mol. The van der Waals surface area contributed by atoms with E-state index in [-0.39, 0.29) is 21.1 Å². The standard InChI is InChI=1S/C29H31N3O4S/c1-6-18(4)27-31-22-12-10-20(15-24(22)35-27)37(33,34)21-11-13-23-25(16-21)36-28(32-23)19-9-14-26(30-17-19)29(5,7-2)8-3/h9-18H,6-8H2,1-5H3. The van der Waals surface area contributed by atoms with E-state index in [4.69, 9.17) is 8.83 Å². The predicted octanol–water partition coefficient (Wildman–Crippen LogP) is 7.46. The van der Waals surface area contributed by atoms with Crippen molar-refractivity contribution in [1.29, 1.82) is 0 Å². The molecule has 0 fully saturated rings. The highest BCUT2D eigenvalue weighted by Gasteiger charge is 2.25. The van der Waals surface area contributed by atoms with E-state index in [2.05, 4.69) is 42.6 Å². The maximum absolute atomic E-state index is 13.4. The van der Waals surface area contributed by atoms with E-state index >= 15 is 0 Å². The molecule has 0 spiro atoms. The molecule has 0 N–H and O–H groups in total. The molecule has 5 aromatic rings. The minimum atomic E-state index is -3.81. The molecule has 0 radical (unpaired) electrons. The van der Waals surface area contributed by atoms with Gasteiger partial charge in [0, 0.05) is 35.4 Å². The first-order valence-electron chi connectivity index (χ1n) is 12.7. The number of fused-ring (bicyclic) bond motifs is 2. The topological polar surface area (TPSA) is 99.1 Å². The number of pyridine rings is 1. The van der Waals surface area contributed by atoms with Crippen LogP contribution in [-0.4, -0.2) is 23.4 Å². The summed E-state index contributed by atoms with van der Waals surface area (Å²) >= 11 is 0. The molecule has 0 saturated heterocycles. The van der Waals surface area contributed by atoms with Gasteiger partial charge in [0.1, 0.15) is 11.0 Å². The lowest BCUT2D eigenvalue weighted by Gasteiger charge is -2.25. The van der Waals surface area contributed by atoms with Crippen molar-refractivity contribution in [3.05, 3.63) is 66.3 Å². The fourth-order valence-electron chi connectivity index (χ4n) is 4.30.